The van der Waals surface area contributed by atoms with E-state index in [0.717, 1.165) is 22.3 Å². The Morgan fingerprint density at radius 2 is 2.27 bits per heavy atom. The fraction of sp³-hybridized carbons (Fsp3) is 0.364. The van der Waals surface area contributed by atoms with Gasteiger partial charge in [0.15, 0.2) is 0 Å². The van der Waals surface area contributed by atoms with Gasteiger partial charge in [-0.05, 0) is 13.8 Å². The highest BCUT2D eigenvalue weighted by molar-refractivity contribution is 5.88. The van der Waals surface area contributed by atoms with Crippen molar-refractivity contribution in [3.05, 3.63) is 18.0 Å². The smallest absolute Gasteiger partial charge is 0.214 e. The van der Waals surface area contributed by atoms with E-state index in [1.54, 1.807) is 7.11 Å². The quantitative estimate of drug-likeness (QED) is 0.838. The molecule has 2 aromatic heterocycles. The number of ether oxygens (including phenoxy) is 2. The number of aryl methyl sites for hydroxylation is 1. The van der Waals surface area contributed by atoms with Gasteiger partial charge >= 0.3 is 0 Å². The molecular formula is C11H14N2O2. The maximum Gasteiger partial charge on any atom is 0.214 e. The second-order valence-electron chi connectivity index (χ2n) is 3.26. The minimum atomic E-state index is 0.612. The first kappa shape index (κ1) is 9.83. The van der Waals surface area contributed by atoms with Crippen molar-refractivity contribution in [2.75, 3.05) is 13.7 Å². The molecule has 2 rings (SSSR count). The molecule has 0 radical (unpaired) electrons. The van der Waals surface area contributed by atoms with Crippen molar-refractivity contribution >= 4 is 10.9 Å². The average Bonchev–Trinajstić information content (AvgIpc) is 2.63. The minimum Gasteiger partial charge on any atom is -0.492 e. The van der Waals surface area contributed by atoms with Crippen LogP contribution in [0.25, 0.3) is 10.9 Å². The number of hydrogen-bond acceptors (Lipinski definition) is 3. The Morgan fingerprint density at radius 3 is 2.93 bits per heavy atom. The van der Waals surface area contributed by atoms with Gasteiger partial charge in [0.1, 0.15) is 5.75 Å². The minimum absolute atomic E-state index is 0.612. The number of nitrogens with zero attached hydrogens (tertiary/aromatic N) is 1. The lowest BCUT2D eigenvalue weighted by atomic mass is 10.2. The van der Waals surface area contributed by atoms with Gasteiger partial charge in [0, 0.05) is 17.6 Å². The highest BCUT2D eigenvalue weighted by Crippen LogP contribution is 2.29. The number of hydrogen-bond donors (Lipinski definition) is 1. The second-order valence-corrected chi connectivity index (χ2v) is 3.26. The summed E-state index contributed by atoms with van der Waals surface area (Å²) in [5.41, 5.74) is 1.91. The largest absolute Gasteiger partial charge is 0.492 e. The molecule has 2 aromatic rings. The Hall–Kier alpha value is -1.71. The van der Waals surface area contributed by atoms with Crippen molar-refractivity contribution in [2.24, 2.45) is 0 Å². The number of pyridine rings is 1. The van der Waals surface area contributed by atoms with Crippen molar-refractivity contribution in [1.29, 1.82) is 0 Å². The molecule has 0 aliphatic heterocycles. The van der Waals surface area contributed by atoms with Gasteiger partial charge in [-0.1, -0.05) is 0 Å². The zero-order valence-corrected chi connectivity index (χ0v) is 9.13. The first-order chi connectivity index (χ1) is 7.26. The van der Waals surface area contributed by atoms with E-state index in [9.17, 15) is 0 Å². The molecule has 4 heteroatoms. The molecule has 0 saturated heterocycles. The molecule has 15 heavy (non-hydrogen) atoms. The topological polar surface area (TPSA) is 47.1 Å². The van der Waals surface area contributed by atoms with Gasteiger partial charge in [-0.3, -0.25) is 0 Å². The van der Waals surface area contributed by atoms with Crippen molar-refractivity contribution in [1.82, 2.24) is 9.97 Å². The molecule has 0 spiro atoms. The molecular weight excluding hydrogens is 192 g/mol. The molecule has 0 saturated carbocycles. The summed E-state index contributed by atoms with van der Waals surface area (Å²) in [6.07, 6.45) is 1.85. The molecule has 0 fully saturated rings. The van der Waals surface area contributed by atoms with Gasteiger partial charge in [0.25, 0.3) is 0 Å². The van der Waals surface area contributed by atoms with Crippen LogP contribution >= 0.6 is 0 Å². The van der Waals surface area contributed by atoms with Crippen LogP contribution in [0, 0.1) is 6.92 Å². The van der Waals surface area contributed by atoms with Crippen LogP contribution in [0.15, 0.2) is 12.3 Å². The van der Waals surface area contributed by atoms with E-state index in [4.69, 9.17) is 9.47 Å². The zero-order chi connectivity index (χ0) is 10.8. The summed E-state index contributed by atoms with van der Waals surface area (Å²) in [5, 5.41) is 1.02. The van der Waals surface area contributed by atoms with Gasteiger partial charge < -0.3 is 14.5 Å². The first-order valence-electron chi connectivity index (χ1n) is 4.91. The summed E-state index contributed by atoms with van der Waals surface area (Å²) < 4.78 is 10.6. The van der Waals surface area contributed by atoms with E-state index in [1.165, 1.54) is 0 Å². The lowest BCUT2D eigenvalue weighted by molar-refractivity contribution is 0.344. The van der Waals surface area contributed by atoms with Crippen LogP contribution in [0.5, 0.6) is 11.6 Å². The van der Waals surface area contributed by atoms with Crippen LogP contribution in [0.1, 0.15) is 12.6 Å². The van der Waals surface area contributed by atoms with Gasteiger partial charge in [-0.15, -0.1) is 0 Å². The van der Waals surface area contributed by atoms with Crippen molar-refractivity contribution in [3.8, 4) is 11.6 Å². The van der Waals surface area contributed by atoms with Gasteiger partial charge in [-0.2, -0.15) is 0 Å². The van der Waals surface area contributed by atoms with E-state index in [-0.39, 0.29) is 0 Å². The summed E-state index contributed by atoms with van der Waals surface area (Å²) in [4.78, 5) is 7.43. The summed E-state index contributed by atoms with van der Waals surface area (Å²) in [6, 6.07) is 1.88. The van der Waals surface area contributed by atoms with E-state index >= 15 is 0 Å². The summed E-state index contributed by atoms with van der Waals surface area (Å²) >= 11 is 0. The van der Waals surface area contributed by atoms with Crippen LogP contribution in [0.2, 0.25) is 0 Å². The normalized spacial score (nSPS) is 10.6. The molecule has 2 heterocycles. The molecule has 0 bridgehead atoms. The van der Waals surface area contributed by atoms with Crippen LogP contribution in [0.4, 0.5) is 0 Å². The SMILES string of the molecule is CCOc1c[nH]c2c(C)nc(OC)cc12. The van der Waals surface area contributed by atoms with Gasteiger partial charge in [0.2, 0.25) is 5.88 Å². The standard InChI is InChI=1S/C11H14N2O2/c1-4-15-9-6-12-11-7(2)13-10(14-3)5-8(9)11/h5-6,12H,4H2,1-3H3. The Morgan fingerprint density at radius 1 is 1.47 bits per heavy atom. The number of rotatable bonds is 3. The molecule has 0 amide bonds. The third-order valence-corrected chi connectivity index (χ3v) is 2.30. The third-order valence-electron chi connectivity index (χ3n) is 2.30. The molecule has 0 atom stereocenters. The van der Waals surface area contributed by atoms with E-state index in [0.29, 0.717) is 12.5 Å². The van der Waals surface area contributed by atoms with Crippen molar-refractivity contribution in [2.45, 2.75) is 13.8 Å². The second kappa shape index (κ2) is 3.81. The monoisotopic (exact) mass is 206 g/mol. The van der Waals surface area contributed by atoms with Gasteiger partial charge in [-0.25, -0.2) is 4.98 Å². The predicted octanol–water partition coefficient (Wildman–Crippen LogP) is 2.28. The highest BCUT2D eigenvalue weighted by Gasteiger charge is 2.09. The number of H-pyrrole nitrogens is 1. The highest BCUT2D eigenvalue weighted by atomic mass is 16.5. The van der Waals surface area contributed by atoms with E-state index < -0.39 is 0 Å². The van der Waals surface area contributed by atoms with E-state index in [1.807, 2.05) is 26.1 Å². The number of aromatic nitrogens is 2. The van der Waals surface area contributed by atoms with Crippen molar-refractivity contribution in [3.63, 3.8) is 0 Å². The summed E-state index contributed by atoms with van der Waals surface area (Å²) in [6.45, 7) is 4.55. The number of methoxy groups -OCH3 is 1. The molecule has 0 aromatic carbocycles. The lowest BCUT2D eigenvalue weighted by Crippen LogP contribution is -1.92. The zero-order valence-electron chi connectivity index (χ0n) is 9.13. The molecule has 0 aliphatic carbocycles. The Labute approximate surface area is 88.2 Å². The Balaban J connectivity index is 2.61. The third kappa shape index (κ3) is 1.63. The van der Waals surface area contributed by atoms with Crippen LogP contribution in [-0.4, -0.2) is 23.7 Å². The molecule has 80 valence electrons. The number of fused-ring (bicyclic) bond motifs is 1. The maximum atomic E-state index is 5.50. The van der Waals surface area contributed by atoms with Gasteiger partial charge in [0.05, 0.1) is 24.9 Å². The summed E-state index contributed by atoms with van der Waals surface area (Å²) in [5.74, 6) is 1.46. The van der Waals surface area contributed by atoms with Crippen molar-refractivity contribution < 1.29 is 9.47 Å². The average molecular weight is 206 g/mol. The maximum absolute atomic E-state index is 5.50. The number of nitrogens with one attached hydrogen (secondary N) is 1. The fourth-order valence-corrected chi connectivity index (χ4v) is 1.62. The van der Waals surface area contributed by atoms with E-state index in [2.05, 4.69) is 9.97 Å². The van der Waals surface area contributed by atoms with Crippen LogP contribution in [-0.2, 0) is 0 Å². The Kier molecular flexibility index (Phi) is 2.49. The predicted molar refractivity (Wildman–Crippen MR) is 58.6 cm³/mol. The van der Waals surface area contributed by atoms with Crippen LogP contribution < -0.4 is 9.47 Å². The number of aromatic amines is 1. The summed E-state index contributed by atoms with van der Waals surface area (Å²) in [7, 11) is 1.61. The molecule has 0 unspecified atom stereocenters. The first-order valence-corrected chi connectivity index (χ1v) is 4.91. The fourth-order valence-electron chi connectivity index (χ4n) is 1.62. The lowest BCUT2D eigenvalue weighted by Gasteiger charge is -2.03. The molecule has 4 nitrogen and oxygen atoms in total. The van der Waals surface area contributed by atoms with Crippen LogP contribution in [0.3, 0.4) is 0 Å². The molecule has 1 N–H and O–H groups in total. The molecule has 0 aliphatic rings. The Bertz CT molecular complexity index is 477.